The summed E-state index contributed by atoms with van der Waals surface area (Å²) in [4.78, 5) is 39.2. The van der Waals surface area contributed by atoms with Gasteiger partial charge >= 0.3 is 5.88 Å². The van der Waals surface area contributed by atoms with Crippen molar-refractivity contribution in [2.75, 3.05) is 23.6 Å². The van der Waals surface area contributed by atoms with Crippen LogP contribution in [0.25, 0.3) is 0 Å². The van der Waals surface area contributed by atoms with Crippen LogP contribution in [0, 0.1) is 11.8 Å². The fourth-order valence-electron chi connectivity index (χ4n) is 1.69. The quantitative estimate of drug-likeness (QED) is 0.345. The number of hydrogen-bond donors (Lipinski definition) is 0. The summed E-state index contributed by atoms with van der Waals surface area (Å²) in [6.45, 7) is 6.24. The molecule has 0 unspecified atom stereocenters. The highest BCUT2D eigenvalue weighted by molar-refractivity contribution is 8.13. The van der Waals surface area contributed by atoms with Crippen molar-refractivity contribution in [1.29, 1.82) is 0 Å². The summed E-state index contributed by atoms with van der Waals surface area (Å²) in [7, 11) is 1.50. The highest BCUT2D eigenvalue weighted by Crippen LogP contribution is 2.13. The average Bonchev–Trinajstić information content (AvgIpc) is 3.04. The van der Waals surface area contributed by atoms with E-state index >= 15 is 0 Å². The number of hydrogen-bond acceptors (Lipinski definition) is 9. The van der Waals surface area contributed by atoms with E-state index in [0.717, 1.165) is 28.3 Å². The molecule has 0 radical (unpaired) electrons. The number of nitrogens with zero attached hydrogens (tertiary/aromatic N) is 4. The van der Waals surface area contributed by atoms with Gasteiger partial charge in [0.2, 0.25) is 5.27 Å². The summed E-state index contributed by atoms with van der Waals surface area (Å²) in [6.07, 6.45) is 1.31. The number of carbonyl (C=O) groups excluding carboxylic acids is 3. The molecule has 0 aliphatic rings. The molecule has 0 bridgehead atoms. The first-order chi connectivity index (χ1) is 12.1. The van der Waals surface area contributed by atoms with E-state index in [1.807, 2.05) is 0 Å². The third-order valence-corrected chi connectivity index (χ3v) is 5.35. The molecule has 0 fully saturated rings. The Balaban J connectivity index is 2.73. The highest BCUT2D eigenvalue weighted by atomic mass is 32.2. The van der Waals surface area contributed by atoms with Gasteiger partial charge in [-0.05, 0) is 11.8 Å². The van der Waals surface area contributed by atoms with Gasteiger partial charge in [0.15, 0.2) is 10.2 Å². The van der Waals surface area contributed by atoms with Crippen molar-refractivity contribution in [2.45, 2.75) is 27.7 Å². The molecule has 2 atom stereocenters. The molecule has 0 spiro atoms. The van der Waals surface area contributed by atoms with Gasteiger partial charge < -0.3 is 5.11 Å². The van der Waals surface area contributed by atoms with Gasteiger partial charge in [-0.1, -0.05) is 42.4 Å². The first kappa shape index (κ1) is 22.2. The Bertz CT molecular complexity index is 691. The first-order valence-corrected chi connectivity index (χ1v) is 9.77. The summed E-state index contributed by atoms with van der Waals surface area (Å²) in [5, 5.41) is 16.7. The van der Waals surface area contributed by atoms with Gasteiger partial charge in [-0.15, -0.1) is 0 Å². The Morgan fingerprint density at radius 2 is 1.77 bits per heavy atom. The zero-order valence-corrected chi connectivity index (χ0v) is 16.9. The second kappa shape index (κ2) is 10.3. The van der Waals surface area contributed by atoms with Crippen LogP contribution in [-0.4, -0.2) is 45.9 Å². The number of thioether (sulfide) groups is 2. The van der Waals surface area contributed by atoms with Crippen LogP contribution in [0.3, 0.4) is 0 Å². The van der Waals surface area contributed by atoms with Crippen molar-refractivity contribution >= 4 is 51.4 Å². The number of amides is 1. The minimum atomic E-state index is -0.453. The molecule has 144 valence electrons. The topological polar surface area (TPSA) is 120 Å². The fourth-order valence-corrected chi connectivity index (χ4v) is 2.94. The van der Waals surface area contributed by atoms with Gasteiger partial charge in [0, 0.05) is 25.4 Å². The second-order valence-corrected chi connectivity index (χ2v) is 8.07. The highest BCUT2D eigenvalue weighted by Gasteiger charge is 2.28. The van der Waals surface area contributed by atoms with Crippen molar-refractivity contribution in [3.63, 3.8) is 0 Å². The van der Waals surface area contributed by atoms with E-state index in [2.05, 4.69) is 10.3 Å². The predicted octanol–water partition coefficient (Wildman–Crippen LogP) is 0.278. The van der Waals surface area contributed by atoms with Crippen LogP contribution in [0.5, 0.6) is 0 Å². The Labute approximate surface area is 160 Å². The molecule has 1 heterocycles. The van der Waals surface area contributed by atoms with E-state index in [9.17, 15) is 19.5 Å². The molecule has 1 aromatic rings. The van der Waals surface area contributed by atoms with Gasteiger partial charge in [-0.2, -0.15) is 0 Å². The van der Waals surface area contributed by atoms with Gasteiger partial charge in [-0.25, -0.2) is 4.99 Å². The molecule has 1 amide bonds. The van der Waals surface area contributed by atoms with Crippen LogP contribution in [0.2, 0.25) is 0 Å². The number of carbonyl (C=O) groups is 3. The standard InChI is InChI=1S/C15H22N4O5S2/c1-9(7-25-11(3)20)14(22)16-13-6-19(17-24-13)18(5)15(23)10(2)8-26-12(4)21/h6,9-10H,7-8H2,1-5H3/t9-,10-/m1/s1. The van der Waals surface area contributed by atoms with Gasteiger partial charge in [0.25, 0.3) is 12.1 Å². The predicted molar refractivity (Wildman–Crippen MR) is 97.5 cm³/mol. The molecule has 0 aliphatic heterocycles. The van der Waals surface area contributed by atoms with Gasteiger partial charge in [-0.3, -0.25) is 18.9 Å². The van der Waals surface area contributed by atoms with Crippen molar-refractivity contribution < 1.29 is 28.8 Å². The van der Waals surface area contributed by atoms with Crippen LogP contribution in [0.1, 0.15) is 27.7 Å². The number of aromatic nitrogens is 2. The van der Waals surface area contributed by atoms with Crippen LogP contribution in [0.4, 0.5) is 5.88 Å². The molecule has 9 nitrogen and oxygen atoms in total. The molecule has 0 aliphatic carbocycles. The second-order valence-electron chi connectivity index (χ2n) is 5.68. The van der Waals surface area contributed by atoms with Crippen LogP contribution >= 0.6 is 23.5 Å². The summed E-state index contributed by atoms with van der Waals surface area (Å²) < 4.78 is 4.96. The first-order valence-electron chi connectivity index (χ1n) is 7.80. The Kier molecular flexibility index (Phi) is 8.79. The fraction of sp³-hybridized carbons (Fsp3) is 0.600. The van der Waals surface area contributed by atoms with Crippen molar-refractivity contribution in [1.82, 2.24) is 5.27 Å². The summed E-state index contributed by atoms with van der Waals surface area (Å²) in [5.41, 5.74) is 0. The normalized spacial score (nSPS) is 14.0. The van der Waals surface area contributed by atoms with E-state index in [4.69, 9.17) is 4.52 Å². The smallest absolute Gasteiger partial charge is 0.324 e. The van der Waals surface area contributed by atoms with Crippen molar-refractivity contribution in [3.8, 4) is 0 Å². The Hall–Kier alpha value is -1.88. The van der Waals surface area contributed by atoms with Gasteiger partial charge in [0.1, 0.15) is 0 Å². The molecule has 1 aromatic heterocycles. The van der Waals surface area contributed by atoms with Gasteiger partial charge in [0.05, 0.1) is 17.8 Å². The molecule has 0 N–H and O–H groups in total. The lowest BCUT2D eigenvalue weighted by Crippen LogP contribution is -2.60. The zero-order valence-electron chi connectivity index (χ0n) is 15.3. The monoisotopic (exact) mass is 402 g/mol. The minimum Gasteiger partial charge on any atom is -0.861 e. The maximum atomic E-state index is 12.3. The third-order valence-electron chi connectivity index (χ3n) is 3.21. The number of aliphatic imine (C=N–C) groups is 1. The van der Waals surface area contributed by atoms with Crippen LogP contribution in [-0.2, 0) is 14.4 Å². The van der Waals surface area contributed by atoms with E-state index in [1.165, 1.54) is 32.1 Å². The van der Waals surface area contributed by atoms with Crippen molar-refractivity contribution in [3.05, 3.63) is 6.20 Å². The molecule has 0 saturated heterocycles. The lowest BCUT2D eigenvalue weighted by Gasteiger charge is -2.16. The number of rotatable bonds is 8. The largest absolute Gasteiger partial charge is 0.861 e. The summed E-state index contributed by atoms with van der Waals surface area (Å²) >= 11 is 2.13. The van der Waals surface area contributed by atoms with Crippen molar-refractivity contribution in [2.24, 2.45) is 16.8 Å². The molecular formula is C15H22N4O5S2. The molecule has 0 saturated carbocycles. The third kappa shape index (κ3) is 7.16. The molecule has 1 rings (SSSR count). The average molecular weight is 402 g/mol. The van der Waals surface area contributed by atoms with E-state index in [1.54, 1.807) is 13.8 Å². The Morgan fingerprint density at radius 3 is 2.31 bits per heavy atom. The minimum absolute atomic E-state index is 0.0416. The molecule has 26 heavy (non-hydrogen) atoms. The maximum Gasteiger partial charge on any atom is 0.324 e. The molecular weight excluding hydrogens is 380 g/mol. The zero-order chi connectivity index (χ0) is 19.9. The maximum absolute atomic E-state index is 12.3. The molecule has 0 aromatic carbocycles. The lowest BCUT2D eigenvalue weighted by atomic mass is 10.2. The Morgan fingerprint density at radius 1 is 1.23 bits per heavy atom. The summed E-state index contributed by atoms with van der Waals surface area (Å²) in [6, 6.07) is 0. The van der Waals surface area contributed by atoms with E-state index < -0.39 is 17.7 Å². The SMILES string of the molecule is CC(=O)SC[C@@H](C)C(=O)N(C)[n+]1cc(N=C([O-])[C@H](C)CSC(C)=O)on1. The van der Waals surface area contributed by atoms with Crippen LogP contribution in [0.15, 0.2) is 15.7 Å². The van der Waals surface area contributed by atoms with E-state index in [0.29, 0.717) is 11.5 Å². The van der Waals surface area contributed by atoms with Crippen LogP contribution < -0.4 is 14.9 Å². The summed E-state index contributed by atoms with van der Waals surface area (Å²) in [5.74, 6) is -0.911. The lowest BCUT2D eigenvalue weighted by molar-refractivity contribution is -0.747. The molecule has 11 heteroatoms. The van der Waals surface area contributed by atoms with E-state index in [-0.39, 0.29) is 22.0 Å².